The standard InChI is InChI=1S/C6H11NO.ClH/c1-5-2-6(8)4-7-3-5;/h5,7H,2-4H2,1H3;1H. The van der Waals surface area contributed by atoms with Crippen LogP contribution in [0.15, 0.2) is 0 Å². The maximum absolute atomic E-state index is 10.6. The topological polar surface area (TPSA) is 29.1 Å². The molecule has 0 saturated carbocycles. The Labute approximate surface area is 61.4 Å². The number of ketones is 1. The van der Waals surface area contributed by atoms with Gasteiger partial charge in [-0.1, -0.05) is 6.92 Å². The van der Waals surface area contributed by atoms with E-state index in [4.69, 9.17) is 0 Å². The van der Waals surface area contributed by atoms with Crippen LogP contribution in [-0.2, 0) is 4.79 Å². The first-order valence-corrected chi connectivity index (χ1v) is 3.01. The van der Waals surface area contributed by atoms with Crippen molar-refractivity contribution in [3.05, 3.63) is 0 Å². The van der Waals surface area contributed by atoms with Crippen molar-refractivity contribution < 1.29 is 4.79 Å². The number of hydrogen-bond acceptors (Lipinski definition) is 2. The highest BCUT2D eigenvalue weighted by molar-refractivity contribution is 5.85. The first kappa shape index (κ1) is 8.92. The van der Waals surface area contributed by atoms with Gasteiger partial charge in [-0.05, 0) is 12.5 Å². The molecule has 0 radical (unpaired) electrons. The molecule has 1 aliphatic heterocycles. The molecule has 0 spiro atoms. The van der Waals surface area contributed by atoms with Crippen LogP contribution in [0.5, 0.6) is 0 Å². The fraction of sp³-hybridized carbons (Fsp3) is 0.833. The second-order valence-electron chi connectivity index (χ2n) is 2.48. The van der Waals surface area contributed by atoms with Gasteiger partial charge in [0.05, 0.1) is 6.54 Å². The molecule has 9 heavy (non-hydrogen) atoms. The molecule has 54 valence electrons. The van der Waals surface area contributed by atoms with Crippen molar-refractivity contribution in [1.82, 2.24) is 5.32 Å². The zero-order valence-corrected chi connectivity index (χ0v) is 6.33. The number of carbonyl (C=O) groups is 1. The Balaban J connectivity index is 0.000000640. The van der Waals surface area contributed by atoms with Crippen LogP contribution < -0.4 is 5.32 Å². The van der Waals surface area contributed by atoms with E-state index in [2.05, 4.69) is 12.2 Å². The molecule has 0 aromatic rings. The Morgan fingerprint density at radius 3 is 2.67 bits per heavy atom. The molecule has 1 saturated heterocycles. The largest absolute Gasteiger partial charge is 0.310 e. The van der Waals surface area contributed by atoms with Crippen LogP contribution >= 0.6 is 12.4 Å². The van der Waals surface area contributed by atoms with E-state index in [1.54, 1.807) is 0 Å². The Hall–Kier alpha value is -0.0800. The summed E-state index contributed by atoms with van der Waals surface area (Å²) in [6.45, 7) is 3.68. The summed E-state index contributed by atoms with van der Waals surface area (Å²) < 4.78 is 0. The zero-order valence-electron chi connectivity index (χ0n) is 5.52. The fourth-order valence-corrected chi connectivity index (χ4v) is 0.991. The van der Waals surface area contributed by atoms with Crippen molar-refractivity contribution in [3.8, 4) is 0 Å². The molecule has 1 aliphatic rings. The van der Waals surface area contributed by atoms with E-state index in [1.807, 2.05) is 0 Å². The van der Waals surface area contributed by atoms with Crippen LogP contribution in [-0.4, -0.2) is 18.9 Å². The average Bonchev–Trinajstić information content (AvgIpc) is 1.64. The lowest BCUT2D eigenvalue weighted by Crippen LogP contribution is -2.34. The molecule has 1 N–H and O–H groups in total. The number of halogens is 1. The van der Waals surface area contributed by atoms with Crippen LogP contribution in [0.3, 0.4) is 0 Å². The highest BCUT2D eigenvalue weighted by Gasteiger charge is 2.13. The van der Waals surface area contributed by atoms with Gasteiger partial charge in [0, 0.05) is 6.42 Å². The summed E-state index contributed by atoms with van der Waals surface area (Å²) in [6.07, 6.45) is 0.771. The van der Waals surface area contributed by atoms with Gasteiger partial charge in [-0.2, -0.15) is 0 Å². The number of carbonyl (C=O) groups excluding carboxylic acids is 1. The Bertz CT molecular complexity index is 105. The molecule has 3 heteroatoms. The summed E-state index contributed by atoms with van der Waals surface area (Å²) in [4.78, 5) is 10.6. The summed E-state index contributed by atoms with van der Waals surface area (Å²) in [5, 5.41) is 3.03. The number of nitrogens with one attached hydrogen (secondary N) is 1. The van der Waals surface area contributed by atoms with Crippen LogP contribution in [0.1, 0.15) is 13.3 Å². The van der Waals surface area contributed by atoms with Crippen LogP contribution in [0.2, 0.25) is 0 Å². The molecule has 0 aliphatic carbocycles. The van der Waals surface area contributed by atoms with Gasteiger partial charge >= 0.3 is 0 Å². The van der Waals surface area contributed by atoms with E-state index >= 15 is 0 Å². The normalized spacial score (nSPS) is 27.2. The monoisotopic (exact) mass is 149 g/mol. The first-order valence-electron chi connectivity index (χ1n) is 3.01. The van der Waals surface area contributed by atoms with E-state index in [1.165, 1.54) is 0 Å². The second-order valence-corrected chi connectivity index (χ2v) is 2.48. The molecule has 1 fully saturated rings. The van der Waals surface area contributed by atoms with Gasteiger partial charge in [0.2, 0.25) is 0 Å². The molecule has 1 unspecified atom stereocenters. The molecule has 0 aromatic heterocycles. The van der Waals surface area contributed by atoms with Crippen molar-refractivity contribution in [2.45, 2.75) is 13.3 Å². The molecule has 1 heterocycles. The number of rotatable bonds is 0. The summed E-state index contributed by atoms with van der Waals surface area (Å²) >= 11 is 0. The van der Waals surface area contributed by atoms with Crippen molar-refractivity contribution in [1.29, 1.82) is 0 Å². The van der Waals surface area contributed by atoms with Gasteiger partial charge in [-0.3, -0.25) is 4.79 Å². The van der Waals surface area contributed by atoms with E-state index in [9.17, 15) is 4.79 Å². The van der Waals surface area contributed by atoms with Gasteiger partial charge in [-0.15, -0.1) is 12.4 Å². The van der Waals surface area contributed by atoms with Crippen molar-refractivity contribution in [3.63, 3.8) is 0 Å². The van der Waals surface area contributed by atoms with Crippen molar-refractivity contribution in [2.75, 3.05) is 13.1 Å². The highest BCUT2D eigenvalue weighted by atomic mass is 35.5. The third kappa shape index (κ3) is 2.82. The minimum atomic E-state index is 0. The predicted octanol–water partition coefficient (Wildman–Crippen LogP) is 0.607. The zero-order chi connectivity index (χ0) is 5.98. The lowest BCUT2D eigenvalue weighted by atomic mass is 10.0. The SMILES string of the molecule is CC1CNCC(=O)C1.Cl. The first-order chi connectivity index (χ1) is 3.79. The van der Waals surface area contributed by atoms with Gasteiger partial charge in [0.15, 0.2) is 0 Å². The number of piperidine rings is 1. The second kappa shape index (κ2) is 3.85. The smallest absolute Gasteiger partial charge is 0.146 e. The lowest BCUT2D eigenvalue weighted by molar-refractivity contribution is -0.120. The summed E-state index contributed by atoms with van der Waals surface area (Å²) in [6, 6.07) is 0. The van der Waals surface area contributed by atoms with Gasteiger partial charge in [0.1, 0.15) is 5.78 Å². The quantitative estimate of drug-likeness (QED) is 0.547. The Morgan fingerprint density at radius 1 is 1.67 bits per heavy atom. The Morgan fingerprint density at radius 2 is 2.33 bits per heavy atom. The predicted molar refractivity (Wildman–Crippen MR) is 38.9 cm³/mol. The van der Waals surface area contributed by atoms with E-state index in [-0.39, 0.29) is 12.4 Å². The highest BCUT2D eigenvalue weighted by Crippen LogP contribution is 2.03. The third-order valence-electron chi connectivity index (χ3n) is 1.39. The number of Topliss-reactive ketones (excluding diaryl/α,β-unsaturated/α-hetero) is 1. The van der Waals surface area contributed by atoms with Crippen LogP contribution in [0.25, 0.3) is 0 Å². The summed E-state index contributed by atoms with van der Waals surface area (Å²) in [7, 11) is 0. The van der Waals surface area contributed by atoms with Gasteiger partial charge in [-0.25, -0.2) is 0 Å². The molecular weight excluding hydrogens is 138 g/mol. The Kier molecular flexibility index (Phi) is 3.82. The molecule has 2 nitrogen and oxygen atoms in total. The molecule has 0 bridgehead atoms. The number of hydrogen-bond donors (Lipinski definition) is 1. The molecule has 1 atom stereocenters. The molecule has 1 rings (SSSR count). The maximum Gasteiger partial charge on any atom is 0.146 e. The van der Waals surface area contributed by atoms with E-state index in [0.29, 0.717) is 18.2 Å². The van der Waals surface area contributed by atoms with Crippen LogP contribution in [0.4, 0.5) is 0 Å². The van der Waals surface area contributed by atoms with E-state index < -0.39 is 0 Å². The van der Waals surface area contributed by atoms with Crippen molar-refractivity contribution >= 4 is 18.2 Å². The molecule has 0 amide bonds. The van der Waals surface area contributed by atoms with Gasteiger partial charge < -0.3 is 5.32 Å². The molecule has 0 aromatic carbocycles. The van der Waals surface area contributed by atoms with Gasteiger partial charge in [0.25, 0.3) is 0 Å². The fourth-order valence-electron chi connectivity index (χ4n) is 0.991. The lowest BCUT2D eigenvalue weighted by Gasteiger charge is -2.16. The minimum absolute atomic E-state index is 0. The third-order valence-corrected chi connectivity index (χ3v) is 1.39. The maximum atomic E-state index is 10.6. The average molecular weight is 150 g/mol. The van der Waals surface area contributed by atoms with Crippen molar-refractivity contribution in [2.24, 2.45) is 5.92 Å². The summed E-state index contributed by atoms with van der Waals surface area (Å²) in [5.74, 6) is 0.903. The van der Waals surface area contributed by atoms with E-state index in [0.717, 1.165) is 13.0 Å². The summed E-state index contributed by atoms with van der Waals surface area (Å²) in [5.41, 5.74) is 0. The minimum Gasteiger partial charge on any atom is -0.310 e. The van der Waals surface area contributed by atoms with Crippen LogP contribution in [0, 0.1) is 5.92 Å². The molecular formula is C6H12ClNO.